The number of hydrazone groups is 1. The molecule has 0 amide bonds. The Labute approximate surface area is 155 Å². The molecule has 3 rings (SSSR count). The van der Waals surface area contributed by atoms with Crippen LogP contribution in [0.5, 0.6) is 0 Å². The van der Waals surface area contributed by atoms with Crippen molar-refractivity contribution >= 4 is 34.3 Å². The van der Waals surface area contributed by atoms with Gasteiger partial charge in [-0.05, 0) is 18.2 Å². The summed E-state index contributed by atoms with van der Waals surface area (Å²) >= 11 is 1.08. The summed E-state index contributed by atoms with van der Waals surface area (Å²) in [5.41, 5.74) is 7.81. The lowest BCUT2D eigenvalue weighted by atomic mass is 10.1. The zero-order valence-corrected chi connectivity index (χ0v) is 14.4. The van der Waals surface area contributed by atoms with E-state index in [4.69, 9.17) is 15.0 Å². The lowest BCUT2D eigenvalue weighted by Gasteiger charge is -1.99. The molecule has 27 heavy (non-hydrogen) atoms. The Kier molecular flexibility index (Phi) is 5.37. The predicted octanol–water partition coefficient (Wildman–Crippen LogP) is 1.91. The molecule has 3 aromatic rings. The van der Waals surface area contributed by atoms with Gasteiger partial charge in [-0.2, -0.15) is 0 Å². The van der Waals surface area contributed by atoms with E-state index in [0.29, 0.717) is 22.1 Å². The number of benzene rings is 1. The van der Waals surface area contributed by atoms with Crippen molar-refractivity contribution < 1.29 is 19.0 Å². The molecular weight excluding hydrogens is 376 g/mol. The first kappa shape index (κ1) is 18.0. The molecule has 2 heterocycles. The van der Waals surface area contributed by atoms with Crippen LogP contribution in [-0.4, -0.2) is 27.3 Å². The van der Waals surface area contributed by atoms with E-state index in [-0.39, 0.29) is 17.2 Å². The summed E-state index contributed by atoms with van der Waals surface area (Å²) in [7, 11) is 0. The van der Waals surface area contributed by atoms with Crippen molar-refractivity contribution in [1.29, 1.82) is 0 Å². The van der Waals surface area contributed by atoms with Crippen molar-refractivity contribution in [2.75, 3.05) is 5.73 Å². The molecule has 0 bridgehead atoms. The van der Waals surface area contributed by atoms with Gasteiger partial charge in [0.2, 0.25) is 5.13 Å². The first-order valence-electron chi connectivity index (χ1n) is 7.42. The van der Waals surface area contributed by atoms with Gasteiger partial charge < -0.3 is 15.0 Å². The molecule has 0 aliphatic heterocycles. The van der Waals surface area contributed by atoms with Crippen molar-refractivity contribution in [2.24, 2.45) is 5.10 Å². The number of carbonyl (C=O) groups excluding carboxylic acids is 1. The quantitative estimate of drug-likeness (QED) is 0.350. The number of anilines is 1. The van der Waals surface area contributed by atoms with Gasteiger partial charge in [-0.25, -0.2) is 4.79 Å². The summed E-state index contributed by atoms with van der Waals surface area (Å²) in [6.45, 7) is 0. The predicted molar refractivity (Wildman–Crippen MR) is 95.6 cm³/mol. The number of carbonyl (C=O) groups is 1. The lowest BCUT2D eigenvalue weighted by Crippen LogP contribution is -2.16. The van der Waals surface area contributed by atoms with Crippen molar-refractivity contribution in [2.45, 2.75) is 6.42 Å². The molecule has 0 saturated carbocycles. The second kappa shape index (κ2) is 8.05. The fraction of sp³-hybridized carbons (Fsp3) is 0.0667. The van der Waals surface area contributed by atoms with E-state index in [1.165, 1.54) is 12.3 Å². The van der Waals surface area contributed by atoms with Crippen LogP contribution in [0.25, 0.3) is 11.3 Å². The number of hydrogen-bond acceptors (Lipinski definition) is 11. The number of aromatic nitrogens is 2. The minimum Gasteiger partial charge on any atom is -0.455 e. The minimum absolute atomic E-state index is 0.0697. The molecule has 0 atom stereocenters. The Bertz CT molecular complexity index is 998. The zero-order chi connectivity index (χ0) is 19.2. The molecule has 0 saturated heterocycles. The van der Waals surface area contributed by atoms with Crippen molar-refractivity contribution in [3.05, 3.63) is 57.3 Å². The third-order valence-electron chi connectivity index (χ3n) is 3.18. The monoisotopic (exact) mass is 388 g/mol. The summed E-state index contributed by atoms with van der Waals surface area (Å²) in [6.07, 6.45) is 1.16. The Balaban J connectivity index is 1.56. The molecular formula is C15H12N6O5S. The maximum absolute atomic E-state index is 11.6. The van der Waals surface area contributed by atoms with E-state index in [2.05, 4.69) is 20.9 Å². The topological polar surface area (TPSA) is 159 Å². The van der Waals surface area contributed by atoms with Crippen LogP contribution >= 0.6 is 11.3 Å². The van der Waals surface area contributed by atoms with Crippen LogP contribution in [0, 0.1) is 10.1 Å². The van der Waals surface area contributed by atoms with Gasteiger partial charge in [0.25, 0.3) is 5.69 Å². The van der Waals surface area contributed by atoms with Gasteiger partial charge in [0.1, 0.15) is 22.9 Å². The van der Waals surface area contributed by atoms with Crippen LogP contribution < -0.4 is 11.3 Å². The van der Waals surface area contributed by atoms with Gasteiger partial charge in [-0.1, -0.05) is 23.5 Å². The van der Waals surface area contributed by atoms with E-state index in [1.807, 2.05) is 0 Å². The van der Waals surface area contributed by atoms with Crippen LogP contribution in [0.1, 0.15) is 10.8 Å². The van der Waals surface area contributed by atoms with E-state index < -0.39 is 10.9 Å². The highest BCUT2D eigenvalue weighted by Crippen LogP contribution is 2.30. The first-order valence-corrected chi connectivity index (χ1v) is 8.24. The highest BCUT2D eigenvalue weighted by molar-refractivity contribution is 7.15. The largest absolute Gasteiger partial charge is 0.455 e. The number of nitro groups is 1. The summed E-state index contributed by atoms with van der Waals surface area (Å²) in [5.74, 6) is 0.00143. The highest BCUT2D eigenvalue weighted by atomic mass is 32.1. The number of rotatable bonds is 7. The highest BCUT2D eigenvalue weighted by Gasteiger charge is 2.16. The molecule has 138 valence electrons. The average molecular weight is 388 g/mol. The van der Waals surface area contributed by atoms with Crippen molar-refractivity contribution in [3.8, 4) is 11.3 Å². The second-order valence-electron chi connectivity index (χ2n) is 5.01. The Morgan fingerprint density at radius 3 is 2.93 bits per heavy atom. The first-order chi connectivity index (χ1) is 13.0. The number of hydrogen-bond donors (Lipinski definition) is 2. The van der Waals surface area contributed by atoms with Gasteiger partial charge in [-0.3, -0.25) is 10.1 Å². The van der Waals surface area contributed by atoms with Gasteiger partial charge in [-0.15, -0.1) is 20.9 Å². The standard InChI is InChI=1S/C15H12N6O5S/c16-15-19-18-13(27-15)7-14(22)26-20-17-8-9-5-6-12(25-9)10-3-1-2-4-11(10)21(23)24/h1-6,8,20H,7H2,(H2,16,19)/b17-8+. The number of nitrogens with one attached hydrogen (secondary N) is 1. The fourth-order valence-electron chi connectivity index (χ4n) is 2.07. The minimum atomic E-state index is -0.622. The zero-order valence-electron chi connectivity index (χ0n) is 13.6. The van der Waals surface area contributed by atoms with Crippen molar-refractivity contribution in [1.82, 2.24) is 15.8 Å². The fourth-order valence-corrected chi connectivity index (χ4v) is 2.67. The average Bonchev–Trinajstić information content (AvgIpc) is 3.28. The second-order valence-corrected chi connectivity index (χ2v) is 6.10. The Morgan fingerprint density at radius 1 is 1.37 bits per heavy atom. The van der Waals surface area contributed by atoms with Gasteiger partial charge in [0.15, 0.2) is 0 Å². The number of nitrogen functional groups attached to an aromatic ring is 1. The van der Waals surface area contributed by atoms with E-state index >= 15 is 0 Å². The summed E-state index contributed by atoms with van der Waals surface area (Å²) in [4.78, 5) is 26.9. The third-order valence-corrected chi connectivity index (χ3v) is 3.93. The molecule has 0 unspecified atom stereocenters. The molecule has 0 aliphatic carbocycles. The van der Waals surface area contributed by atoms with E-state index in [9.17, 15) is 14.9 Å². The summed E-state index contributed by atoms with van der Waals surface area (Å²) in [5, 5.41) is 22.7. The smallest absolute Gasteiger partial charge is 0.341 e. The summed E-state index contributed by atoms with van der Waals surface area (Å²) < 4.78 is 5.50. The maximum Gasteiger partial charge on any atom is 0.341 e. The van der Waals surface area contributed by atoms with E-state index in [0.717, 1.165) is 11.3 Å². The number of nitrogens with two attached hydrogens (primary N) is 1. The van der Waals surface area contributed by atoms with Gasteiger partial charge in [0, 0.05) is 6.07 Å². The van der Waals surface area contributed by atoms with Gasteiger partial charge >= 0.3 is 5.97 Å². The molecule has 11 nitrogen and oxygen atoms in total. The van der Waals surface area contributed by atoms with Crippen LogP contribution in [0.2, 0.25) is 0 Å². The third kappa shape index (κ3) is 4.64. The number of para-hydroxylation sites is 1. The Hall–Kier alpha value is -3.80. The Morgan fingerprint density at radius 2 is 2.19 bits per heavy atom. The van der Waals surface area contributed by atoms with Gasteiger partial charge in [0.05, 0.1) is 16.7 Å². The van der Waals surface area contributed by atoms with Crippen LogP contribution in [0.15, 0.2) is 45.9 Å². The number of nitro benzene ring substituents is 1. The number of nitrogens with zero attached hydrogens (tertiary/aromatic N) is 4. The lowest BCUT2D eigenvalue weighted by molar-refractivity contribution is -0.384. The van der Waals surface area contributed by atoms with Crippen LogP contribution in [-0.2, 0) is 16.1 Å². The molecule has 3 N–H and O–H groups in total. The molecule has 0 spiro atoms. The van der Waals surface area contributed by atoms with Crippen LogP contribution in [0.4, 0.5) is 10.8 Å². The molecule has 1 aromatic carbocycles. The van der Waals surface area contributed by atoms with Crippen LogP contribution in [0.3, 0.4) is 0 Å². The molecule has 12 heteroatoms. The summed E-state index contributed by atoms with van der Waals surface area (Å²) in [6, 6.07) is 9.36. The number of furan rings is 1. The molecule has 0 radical (unpaired) electrons. The molecule has 0 aliphatic rings. The SMILES string of the molecule is Nc1nnc(CC(=O)ON/N=C/c2ccc(-c3ccccc3[N+](=O)[O-])o2)s1. The molecule has 2 aromatic heterocycles. The molecule has 0 fully saturated rings. The normalized spacial score (nSPS) is 10.8. The maximum atomic E-state index is 11.6. The van der Waals surface area contributed by atoms with E-state index in [1.54, 1.807) is 30.3 Å². The van der Waals surface area contributed by atoms with Crippen molar-refractivity contribution in [3.63, 3.8) is 0 Å².